The van der Waals surface area contributed by atoms with Crippen LogP contribution in [0.15, 0.2) is 23.1 Å². The number of benzene rings is 1. The number of carbonyl (C=O) groups excluding carboxylic acids is 1. The molecule has 4 heteroatoms. The molecule has 0 heterocycles. The summed E-state index contributed by atoms with van der Waals surface area (Å²) in [7, 11) is 0. The van der Waals surface area contributed by atoms with Gasteiger partial charge in [0.25, 0.3) is 6.43 Å². The Balaban J connectivity index is 3.07. The summed E-state index contributed by atoms with van der Waals surface area (Å²) >= 11 is 1.46. The van der Waals surface area contributed by atoms with Gasteiger partial charge in [0.05, 0.1) is 0 Å². The summed E-state index contributed by atoms with van der Waals surface area (Å²) in [5.74, 6) is -0.0169. The minimum absolute atomic E-state index is 0.0169. The van der Waals surface area contributed by atoms with E-state index >= 15 is 0 Å². The Labute approximate surface area is 91.9 Å². The van der Waals surface area contributed by atoms with Crippen LogP contribution in [0.5, 0.6) is 0 Å². The molecular formula is C11H12F2OS. The number of halogens is 2. The first kappa shape index (κ1) is 12.2. The molecule has 0 amide bonds. The van der Waals surface area contributed by atoms with Gasteiger partial charge in [-0.3, -0.25) is 4.79 Å². The molecule has 0 radical (unpaired) electrons. The zero-order valence-corrected chi connectivity index (χ0v) is 9.41. The highest BCUT2D eigenvalue weighted by Crippen LogP contribution is 2.27. The predicted molar refractivity (Wildman–Crippen MR) is 57.6 cm³/mol. The van der Waals surface area contributed by atoms with E-state index in [0.29, 0.717) is 5.56 Å². The lowest BCUT2D eigenvalue weighted by Crippen LogP contribution is -1.99. The second kappa shape index (κ2) is 5.26. The van der Waals surface area contributed by atoms with Gasteiger partial charge in [-0.1, -0.05) is 6.07 Å². The molecule has 0 unspecified atom stereocenters. The summed E-state index contributed by atoms with van der Waals surface area (Å²) in [4.78, 5) is 11.8. The van der Waals surface area contributed by atoms with E-state index in [0.717, 1.165) is 4.90 Å². The minimum Gasteiger partial charge on any atom is -0.300 e. The standard InChI is InChI=1S/C11H12F2OS/c1-7(14)5-9-6-8(11(12)13)3-4-10(9)15-2/h3-4,6,11H,5H2,1-2H3. The summed E-state index contributed by atoms with van der Waals surface area (Å²) < 4.78 is 24.9. The number of alkyl halides is 2. The van der Waals surface area contributed by atoms with Crippen LogP contribution in [-0.2, 0) is 11.2 Å². The van der Waals surface area contributed by atoms with Gasteiger partial charge in [-0.2, -0.15) is 0 Å². The van der Waals surface area contributed by atoms with Gasteiger partial charge in [-0.25, -0.2) is 8.78 Å². The first-order chi connectivity index (χ1) is 7.04. The summed E-state index contributed by atoms with van der Waals surface area (Å²) in [5, 5.41) is 0. The van der Waals surface area contributed by atoms with Crippen LogP contribution < -0.4 is 0 Å². The maximum Gasteiger partial charge on any atom is 0.263 e. The van der Waals surface area contributed by atoms with Gasteiger partial charge < -0.3 is 0 Å². The molecular weight excluding hydrogens is 218 g/mol. The van der Waals surface area contributed by atoms with Crippen LogP contribution in [-0.4, -0.2) is 12.0 Å². The van der Waals surface area contributed by atoms with E-state index in [4.69, 9.17) is 0 Å². The molecule has 0 aliphatic heterocycles. The maximum absolute atomic E-state index is 12.4. The monoisotopic (exact) mass is 230 g/mol. The van der Waals surface area contributed by atoms with Gasteiger partial charge in [0.2, 0.25) is 0 Å². The number of rotatable bonds is 4. The van der Waals surface area contributed by atoms with Crippen LogP contribution in [0.4, 0.5) is 8.78 Å². The number of carbonyl (C=O) groups is 1. The molecule has 1 aromatic carbocycles. The van der Waals surface area contributed by atoms with Crippen LogP contribution in [0.2, 0.25) is 0 Å². The van der Waals surface area contributed by atoms with Crippen molar-refractivity contribution in [1.29, 1.82) is 0 Å². The molecule has 0 atom stereocenters. The molecule has 0 bridgehead atoms. The highest BCUT2D eigenvalue weighted by atomic mass is 32.2. The SMILES string of the molecule is CSc1ccc(C(F)F)cc1CC(C)=O. The lowest BCUT2D eigenvalue weighted by molar-refractivity contribution is -0.116. The topological polar surface area (TPSA) is 17.1 Å². The number of ketones is 1. The molecule has 1 rings (SSSR count). The largest absolute Gasteiger partial charge is 0.300 e. The highest BCUT2D eigenvalue weighted by molar-refractivity contribution is 7.98. The quantitative estimate of drug-likeness (QED) is 0.737. The van der Waals surface area contributed by atoms with E-state index < -0.39 is 6.43 Å². The van der Waals surface area contributed by atoms with Crippen molar-refractivity contribution in [3.05, 3.63) is 29.3 Å². The van der Waals surface area contributed by atoms with Crippen molar-refractivity contribution in [2.75, 3.05) is 6.26 Å². The molecule has 0 N–H and O–H groups in total. The molecule has 0 aliphatic carbocycles. The van der Waals surface area contributed by atoms with E-state index in [-0.39, 0.29) is 17.8 Å². The molecule has 0 spiro atoms. The van der Waals surface area contributed by atoms with Gasteiger partial charge in [-0.15, -0.1) is 11.8 Å². The van der Waals surface area contributed by atoms with Crippen LogP contribution in [0, 0.1) is 0 Å². The lowest BCUT2D eigenvalue weighted by atomic mass is 10.1. The summed E-state index contributed by atoms with van der Waals surface area (Å²) in [5.41, 5.74) is 0.664. The Morgan fingerprint density at radius 2 is 2.13 bits per heavy atom. The fraction of sp³-hybridized carbons (Fsp3) is 0.364. The average molecular weight is 230 g/mol. The second-order valence-corrected chi connectivity index (χ2v) is 4.10. The Morgan fingerprint density at radius 3 is 2.60 bits per heavy atom. The van der Waals surface area contributed by atoms with E-state index in [2.05, 4.69) is 0 Å². The Morgan fingerprint density at radius 1 is 1.47 bits per heavy atom. The predicted octanol–water partition coefficient (Wildman–Crippen LogP) is 3.48. The molecule has 1 aromatic rings. The van der Waals surface area contributed by atoms with E-state index in [9.17, 15) is 13.6 Å². The normalized spacial score (nSPS) is 10.7. The van der Waals surface area contributed by atoms with Crippen molar-refractivity contribution in [3.63, 3.8) is 0 Å². The molecule has 82 valence electrons. The van der Waals surface area contributed by atoms with Crippen molar-refractivity contribution in [1.82, 2.24) is 0 Å². The molecule has 1 nitrogen and oxygen atoms in total. The average Bonchev–Trinajstić information content (AvgIpc) is 2.16. The lowest BCUT2D eigenvalue weighted by Gasteiger charge is -2.08. The van der Waals surface area contributed by atoms with Crippen LogP contribution in [0.3, 0.4) is 0 Å². The fourth-order valence-corrected chi connectivity index (χ4v) is 1.94. The number of hydrogen-bond donors (Lipinski definition) is 0. The minimum atomic E-state index is -2.48. The zero-order valence-electron chi connectivity index (χ0n) is 8.59. The Kier molecular flexibility index (Phi) is 4.27. The fourth-order valence-electron chi connectivity index (χ4n) is 1.34. The van der Waals surface area contributed by atoms with Gasteiger partial charge in [0, 0.05) is 16.9 Å². The molecule has 0 aromatic heterocycles. The maximum atomic E-state index is 12.4. The molecule has 0 fully saturated rings. The van der Waals surface area contributed by atoms with Crippen molar-refractivity contribution >= 4 is 17.5 Å². The number of hydrogen-bond acceptors (Lipinski definition) is 2. The third-order valence-electron chi connectivity index (χ3n) is 2.00. The highest BCUT2D eigenvalue weighted by Gasteiger charge is 2.11. The summed E-state index contributed by atoms with van der Waals surface area (Å²) in [6, 6.07) is 4.46. The third-order valence-corrected chi connectivity index (χ3v) is 2.83. The first-order valence-electron chi connectivity index (χ1n) is 4.49. The smallest absolute Gasteiger partial charge is 0.263 e. The number of thioether (sulfide) groups is 1. The summed E-state index contributed by atoms with van der Waals surface area (Å²) in [6.07, 6.45) is -0.399. The van der Waals surface area contributed by atoms with Crippen molar-refractivity contribution in [2.45, 2.75) is 24.7 Å². The van der Waals surface area contributed by atoms with Crippen LogP contribution >= 0.6 is 11.8 Å². The van der Waals surface area contributed by atoms with Crippen molar-refractivity contribution in [2.24, 2.45) is 0 Å². The molecule has 15 heavy (non-hydrogen) atoms. The van der Waals surface area contributed by atoms with Crippen molar-refractivity contribution in [3.8, 4) is 0 Å². The Hall–Kier alpha value is -0.900. The van der Waals surface area contributed by atoms with Gasteiger partial charge in [0.1, 0.15) is 5.78 Å². The van der Waals surface area contributed by atoms with Gasteiger partial charge >= 0.3 is 0 Å². The molecule has 0 saturated heterocycles. The Bertz CT molecular complexity index is 364. The summed E-state index contributed by atoms with van der Waals surface area (Å²) in [6.45, 7) is 1.46. The van der Waals surface area contributed by atoms with Crippen LogP contribution in [0.25, 0.3) is 0 Å². The van der Waals surface area contributed by atoms with E-state index in [1.165, 1.54) is 30.8 Å². The second-order valence-electron chi connectivity index (χ2n) is 3.25. The molecule has 0 aliphatic rings. The zero-order chi connectivity index (χ0) is 11.4. The van der Waals surface area contributed by atoms with Gasteiger partial charge in [0.15, 0.2) is 0 Å². The van der Waals surface area contributed by atoms with Crippen LogP contribution in [0.1, 0.15) is 24.5 Å². The third kappa shape index (κ3) is 3.30. The van der Waals surface area contributed by atoms with Gasteiger partial charge in [-0.05, 0) is 30.9 Å². The number of Topliss-reactive ketones (excluding diaryl/α,β-unsaturated/α-hetero) is 1. The molecule has 0 saturated carbocycles. The van der Waals surface area contributed by atoms with E-state index in [1.807, 2.05) is 6.26 Å². The van der Waals surface area contributed by atoms with E-state index in [1.54, 1.807) is 6.07 Å². The van der Waals surface area contributed by atoms with Crippen molar-refractivity contribution < 1.29 is 13.6 Å². The first-order valence-corrected chi connectivity index (χ1v) is 5.71.